The molecular formula is C27H31Cl2N5O2. The van der Waals surface area contributed by atoms with Crippen molar-refractivity contribution in [2.24, 2.45) is 5.92 Å². The normalized spacial score (nSPS) is 19.0. The molecule has 0 saturated carbocycles. The first-order valence-corrected chi connectivity index (χ1v) is 13.4. The number of carbonyl (C=O) groups is 1. The van der Waals surface area contributed by atoms with E-state index in [-0.39, 0.29) is 11.8 Å². The second-order valence-electron chi connectivity index (χ2n) is 9.73. The Labute approximate surface area is 221 Å². The zero-order valence-electron chi connectivity index (χ0n) is 20.3. The zero-order chi connectivity index (χ0) is 24.9. The number of rotatable bonds is 8. The number of halogens is 2. The Bertz CT molecular complexity index is 1180. The van der Waals surface area contributed by atoms with Crippen molar-refractivity contribution in [1.29, 1.82) is 0 Å². The highest BCUT2D eigenvalue weighted by atomic mass is 35.5. The maximum absolute atomic E-state index is 12.9. The molecule has 1 N–H and O–H groups in total. The van der Waals surface area contributed by atoms with Crippen LogP contribution in [0.5, 0.6) is 0 Å². The molecular weight excluding hydrogens is 497 g/mol. The molecule has 0 aliphatic carbocycles. The van der Waals surface area contributed by atoms with Gasteiger partial charge in [-0.2, -0.15) is 4.98 Å². The van der Waals surface area contributed by atoms with Gasteiger partial charge in [-0.3, -0.25) is 14.6 Å². The van der Waals surface area contributed by atoms with Gasteiger partial charge in [0.05, 0.1) is 17.5 Å². The molecule has 5 rings (SSSR count). The van der Waals surface area contributed by atoms with Crippen molar-refractivity contribution in [3.63, 3.8) is 0 Å². The molecule has 2 aliphatic heterocycles. The van der Waals surface area contributed by atoms with Gasteiger partial charge in [-0.25, -0.2) is 0 Å². The lowest BCUT2D eigenvalue weighted by atomic mass is 9.97. The summed E-state index contributed by atoms with van der Waals surface area (Å²) in [7, 11) is 0. The summed E-state index contributed by atoms with van der Waals surface area (Å²) in [6.45, 7) is 6.01. The number of piperidine rings is 1. The van der Waals surface area contributed by atoms with Gasteiger partial charge in [0.15, 0.2) is 0 Å². The summed E-state index contributed by atoms with van der Waals surface area (Å²) >= 11 is 12.3. The molecule has 0 bridgehead atoms. The van der Waals surface area contributed by atoms with Crippen molar-refractivity contribution >= 4 is 29.1 Å². The van der Waals surface area contributed by atoms with Gasteiger partial charge < -0.3 is 9.84 Å². The fourth-order valence-corrected chi connectivity index (χ4v) is 5.49. The van der Waals surface area contributed by atoms with Gasteiger partial charge in [0.25, 0.3) is 0 Å². The number of amides is 1. The maximum Gasteiger partial charge on any atom is 0.241 e. The van der Waals surface area contributed by atoms with Gasteiger partial charge in [-0.1, -0.05) is 52.6 Å². The van der Waals surface area contributed by atoms with E-state index in [2.05, 4.69) is 49.5 Å². The highest BCUT2D eigenvalue weighted by molar-refractivity contribution is 6.36. The molecule has 0 spiro atoms. The Morgan fingerprint density at radius 3 is 2.50 bits per heavy atom. The van der Waals surface area contributed by atoms with Gasteiger partial charge in [0.2, 0.25) is 17.6 Å². The lowest BCUT2D eigenvalue weighted by Crippen LogP contribution is -2.42. The van der Waals surface area contributed by atoms with E-state index in [1.54, 1.807) is 18.2 Å². The van der Waals surface area contributed by atoms with E-state index in [9.17, 15) is 4.79 Å². The third kappa shape index (κ3) is 6.45. The molecule has 1 aromatic heterocycles. The molecule has 1 atom stereocenters. The van der Waals surface area contributed by atoms with Crippen molar-refractivity contribution in [3.8, 4) is 11.4 Å². The summed E-state index contributed by atoms with van der Waals surface area (Å²) in [5.41, 5.74) is 3.13. The molecule has 1 amide bonds. The van der Waals surface area contributed by atoms with Crippen LogP contribution in [0.25, 0.3) is 11.4 Å². The van der Waals surface area contributed by atoms with Crippen LogP contribution < -0.4 is 5.32 Å². The summed E-state index contributed by atoms with van der Waals surface area (Å²) < 4.78 is 5.46. The second-order valence-corrected chi connectivity index (χ2v) is 10.6. The average molecular weight is 528 g/mol. The Morgan fingerprint density at radius 1 is 0.972 bits per heavy atom. The van der Waals surface area contributed by atoms with Crippen molar-refractivity contribution in [1.82, 2.24) is 25.3 Å². The summed E-state index contributed by atoms with van der Waals surface area (Å²) in [5, 5.41) is 8.23. The quantitative estimate of drug-likeness (QED) is 0.435. The molecule has 1 unspecified atom stereocenters. The number of nitrogens with one attached hydrogen (secondary N) is 1. The Hall–Kier alpha value is -2.45. The van der Waals surface area contributed by atoms with Crippen molar-refractivity contribution < 1.29 is 9.32 Å². The van der Waals surface area contributed by atoms with Gasteiger partial charge in [-0.15, -0.1) is 0 Å². The van der Waals surface area contributed by atoms with Crippen LogP contribution in [-0.4, -0.2) is 52.0 Å². The molecule has 2 aliphatic rings. The van der Waals surface area contributed by atoms with Crippen LogP contribution in [0.3, 0.4) is 0 Å². The standard InChI is InChI=1S/C27H31Cl2N5O2/c28-22-9-10-23(24(29)14-22)26-31-25(36-32-26)18-34-13-3-4-21(17-34)27(35)30-15-19-5-7-20(8-6-19)16-33-11-1-2-12-33/h5-10,14,21H,1-4,11-13,15-18H2,(H,30,35). The van der Waals surface area contributed by atoms with E-state index in [4.69, 9.17) is 27.7 Å². The number of aromatic nitrogens is 2. The molecule has 2 saturated heterocycles. The molecule has 9 heteroatoms. The van der Waals surface area contributed by atoms with E-state index in [0.717, 1.165) is 31.5 Å². The van der Waals surface area contributed by atoms with Gasteiger partial charge in [0, 0.05) is 30.2 Å². The Kier molecular flexibility index (Phi) is 8.22. The second kappa shape index (κ2) is 11.7. The first-order chi connectivity index (χ1) is 17.5. The van der Waals surface area contributed by atoms with E-state index in [1.165, 1.54) is 31.5 Å². The predicted molar refractivity (Wildman–Crippen MR) is 141 cm³/mol. The molecule has 3 aromatic rings. The Balaban J connectivity index is 1.11. The predicted octanol–water partition coefficient (Wildman–Crippen LogP) is 5.17. The number of hydrogen-bond donors (Lipinski definition) is 1. The summed E-state index contributed by atoms with van der Waals surface area (Å²) in [6.07, 6.45) is 4.44. The van der Waals surface area contributed by atoms with Crippen LogP contribution in [-0.2, 0) is 24.4 Å². The summed E-state index contributed by atoms with van der Waals surface area (Å²) in [4.78, 5) is 22.1. The van der Waals surface area contributed by atoms with Crippen molar-refractivity contribution in [2.45, 2.75) is 45.3 Å². The number of nitrogens with zero attached hydrogens (tertiary/aromatic N) is 4. The zero-order valence-corrected chi connectivity index (χ0v) is 21.8. The molecule has 2 aromatic carbocycles. The monoisotopic (exact) mass is 527 g/mol. The van der Waals surface area contributed by atoms with Crippen LogP contribution >= 0.6 is 23.2 Å². The van der Waals surface area contributed by atoms with Gasteiger partial charge in [0.1, 0.15) is 0 Å². The van der Waals surface area contributed by atoms with Crippen molar-refractivity contribution in [3.05, 3.63) is 69.5 Å². The molecule has 190 valence electrons. The Morgan fingerprint density at radius 2 is 1.72 bits per heavy atom. The van der Waals surface area contributed by atoms with Crippen LogP contribution in [0.1, 0.15) is 42.7 Å². The molecule has 7 nitrogen and oxygen atoms in total. The van der Waals surface area contributed by atoms with Gasteiger partial charge in [-0.05, 0) is 74.6 Å². The molecule has 36 heavy (non-hydrogen) atoms. The molecule has 0 radical (unpaired) electrons. The fourth-order valence-electron chi connectivity index (χ4n) is 5.00. The third-order valence-electron chi connectivity index (χ3n) is 6.97. The lowest BCUT2D eigenvalue weighted by molar-refractivity contribution is -0.127. The van der Waals surface area contributed by atoms with E-state index in [0.29, 0.717) is 47.0 Å². The highest BCUT2D eigenvalue weighted by Gasteiger charge is 2.27. The SMILES string of the molecule is O=C(NCc1ccc(CN2CCCC2)cc1)C1CCCN(Cc2nc(-c3ccc(Cl)cc3Cl)no2)C1. The summed E-state index contributed by atoms with van der Waals surface area (Å²) in [6, 6.07) is 13.8. The van der Waals surface area contributed by atoms with Crippen LogP contribution in [0.15, 0.2) is 47.0 Å². The highest BCUT2D eigenvalue weighted by Crippen LogP contribution is 2.29. The number of carbonyl (C=O) groups excluding carboxylic acids is 1. The van der Waals surface area contributed by atoms with Crippen LogP contribution in [0.2, 0.25) is 10.0 Å². The van der Waals surface area contributed by atoms with Crippen molar-refractivity contribution in [2.75, 3.05) is 26.2 Å². The first kappa shape index (κ1) is 25.2. The molecule has 2 fully saturated rings. The fraction of sp³-hybridized carbons (Fsp3) is 0.444. The van der Waals surface area contributed by atoms with Crippen LogP contribution in [0, 0.1) is 5.92 Å². The van der Waals surface area contributed by atoms with Gasteiger partial charge >= 0.3 is 0 Å². The van der Waals surface area contributed by atoms with Crippen LogP contribution in [0.4, 0.5) is 0 Å². The smallest absolute Gasteiger partial charge is 0.241 e. The summed E-state index contributed by atoms with van der Waals surface area (Å²) in [5.74, 6) is 0.983. The van der Waals surface area contributed by atoms with E-state index in [1.807, 2.05) is 0 Å². The maximum atomic E-state index is 12.9. The minimum atomic E-state index is -0.0544. The van der Waals surface area contributed by atoms with E-state index < -0.39 is 0 Å². The first-order valence-electron chi connectivity index (χ1n) is 12.6. The molecule has 3 heterocycles. The largest absolute Gasteiger partial charge is 0.352 e. The van der Waals surface area contributed by atoms with E-state index >= 15 is 0 Å². The topological polar surface area (TPSA) is 74.5 Å². The third-order valence-corrected chi connectivity index (χ3v) is 7.52. The number of hydrogen-bond acceptors (Lipinski definition) is 6. The lowest BCUT2D eigenvalue weighted by Gasteiger charge is -2.30. The minimum absolute atomic E-state index is 0.0544. The number of benzene rings is 2. The number of likely N-dealkylation sites (tertiary alicyclic amines) is 2. The average Bonchev–Trinajstić information content (AvgIpc) is 3.56. The minimum Gasteiger partial charge on any atom is -0.352 e.